The van der Waals surface area contributed by atoms with Crippen LogP contribution < -0.4 is 10.0 Å². The molecule has 0 aliphatic carbocycles. The number of hydrogen-bond donors (Lipinski definition) is 1. The zero-order valence-corrected chi connectivity index (χ0v) is 13.6. The molecular weight excluding hydrogens is 334 g/mol. The predicted molar refractivity (Wildman–Crippen MR) is 87.1 cm³/mol. The first-order valence-electron chi connectivity index (χ1n) is 7.40. The molecule has 128 valence electrons. The first-order valence-corrected chi connectivity index (χ1v) is 8.94. The van der Waals surface area contributed by atoms with Crippen molar-refractivity contribution in [3.63, 3.8) is 0 Å². The minimum atomic E-state index is -3.99. The maximum absolute atomic E-state index is 11.4. The summed E-state index contributed by atoms with van der Waals surface area (Å²) in [5.74, 6) is 0. The van der Waals surface area contributed by atoms with Crippen molar-refractivity contribution in [2.45, 2.75) is 30.3 Å². The van der Waals surface area contributed by atoms with E-state index >= 15 is 0 Å². The Morgan fingerprint density at radius 2 is 2.21 bits per heavy atom. The molecule has 1 fully saturated rings. The first-order chi connectivity index (χ1) is 11.4. The number of nitrogens with two attached hydrogens (primary N) is 1. The van der Waals surface area contributed by atoms with E-state index in [1.54, 1.807) is 12.5 Å². The fourth-order valence-corrected chi connectivity index (χ4v) is 3.58. The lowest BCUT2D eigenvalue weighted by atomic mass is 10.2. The van der Waals surface area contributed by atoms with Crippen LogP contribution in [-0.2, 0) is 16.6 Å². The number of imidazole rings is 1. The summed E-state index contributed by atoms with van der Waals surface area (Å²) in [4.78, 5) is 16.5. The van der Waals surface area contributed by atoms with E-state index in [0.717, 1.165) is 18.9 Å². The molecule has 0 saturated carbocycles. The van der Waals surface area contributed by atoms with Gasteiger partial charge in [-0.3, -0.25) is 10.1 Å². The number of anilines is 1. The van der Waals surface area contributed by atoms with Crippen LogP contribution in [-0.4, -0.2) is 35.5 Å². The summed E-state index contributed by atoms with van der Waals surface area (Å²) in [6.07, 6.45) is 7.03. The number of primary sulfonamides is 1. The maximum Gasteiger partial charge on any atom is 0.293 e. The molecule has 9 nitrogen and oxygen atoms in total. The van der Waals surface area contributed by atoms with Crippen LogP contribution in [0.1, 0.15) is 12.8 Å². The van der Waals surface area contributed by atoms with E-state index in [2.05, 4.69) is 4.98 Å². The molecule has 1 aromatic heterocycles. The molecule has 1 aromatic carbocycles. The van der Waals surface area contributed by atoms with Crippen LogP contribution >= 0.6 is 0 Å². The Morgan fingerprint density at radius 1 is 1.42 bits per heavy atom. The molecule has 0 bridgehead atoms. The van der Waals surface area contributed by atoms with Crippen molar-refractivity contribution < 1.29 is 13.3 Å². The van der Waals surface area contributed by atoms with Gasteiger partial charge < -0.3 is 9.47 Å². The average Bonchev–Trinajstić information content (AvgIpc) is 3.18. The highest BCUT2D eigenvalue weighted by Gasteiger charge is 2.31. The highest BCUT2D eigenvalue weighted by molar-refractivity contribution is 7.89. The highest BCUT2D eigenvalue weighted by atomic mass is 32.2. The zero-order valence-electron chi connectivity index (χ0n) is 12.8. The van der Waals surface area contributed by atoms with Crippen molar-refractivity contribution in [1.82, 2.24) is 9.55 Å². The van der Waals surface area contributed by atoms with Crippen LogP contribution in [0, 0.1) is 10.1 Å². The Bertz CT molecular complexity index is 850. The van der Waals surface area contributed by atoms with Crippen molar-refractivity contribution in [3.05, 3.63) is 47.0 Å². The zero-order chi connectivity index (χ0) is 17.3. The molecule has 2 heterocycles. The lowest BCUT2D eigenvalue weighted by Crippen LogP contribution is -2.33. The SMILES string of the molecule is NS(=O)(=O)c1ccc(N2CCCC2Cn2ccnc2)c([N+](=O)[O-])c1. The van der Waals surface area contributed by atoms with E-state index in [1.165, 1.54) is 12.1 Å². The monoisotopic (exact) mass is 351 g/mol. The first kappa shape index (κ1) is 16.4. The standard InChI is InChI=1S/C14H17N5O4S/c15-24(22,23)12-3-4-13(14(8-12)19(20)21)18-6-1-2-11(18)9-17-7-5-16-10-17/h3-5,7-8,10-11H,1-2,6,9H2,(H2,15,22,23). The van der Waals surface area contributed by atoms with Gasteiger partial charge in [0.15, 0.2) is 0 Å². The molecule has 0 amide bonds. The Hall–Kier alpha value is -2.46. The minimum Gasteiger partial charge on any atom is -0.361 e. The average molecular weight is 351 g/mol. The molecule has 0 spiro atoms. The van der Waals surface area contributed by atoms with Gasteiger partial charge in [-0.1, -0.05) is 0 Å². The molecule has 1 saturated heterocycles. The smallest absolute Gasteiger partial charge is 0.293 e. The Kier molecular flexibility index (Phi) is 4.24. The van der Waals surface area contributed by atoms with Crippen molar-refractivity contribution in [3.8, 4) is 0 Å². The van der Waals surface area contributed by atoms with Crippen LogP contribution in [0.4, 0.5) is 11.4 Å². The summed E-state index contributed by atoms with van der Waals surface area (Å²) in [5.41, 5.74) is 0.161. The van der Waals surface area contributed by atoms with Crippen molar-refractivity contribution in [2.75, 3.05) is 11.4 Å². The molecule has 2 N–H and O–H groups in total. The number of hydrogen-bond acceptors (Lipinski definition) is 6. The molecule has 1 aliphatic rings. The number of aromatic nitrogens is 2. The van der Waals surface area contributed by atoms with Gasteiger partial charge in [-0.15, -0.1) is 0 Å². The van der Waals surface area contributed by atoms with Crippen molar-refractivity contribution >= 4 is 21.4 Å². The lowest BCUT2D eigenvalue weighted by Gasteiger charge is -2.27. The summed E-state index contributed by atoms with van der Waals surface area (Å²) < 4.78 is 24.8. The number of sulfonamides is 1. The Morgan fingerprint density at radius 3 is 2.83 bits per heavy atom. The number of rotatable bonds is 5. The summed E-state index contributed by atoms with van der Waals surface area (Å²) in [6, 6.07) is 3.88. The molecule has 10 heteroatoms. The van der Waals surface area contributed by atoms with Gasteiger partial charge in [0, 0.05) is 37.6 Å². The number of nitro benzene ring substituents is 1. The minimum absolute atomic E-state index is 0.0817. The normalized spacial score (nSPS) is 18.0. The summed E-state index contributed by atoms with van der Waals surface area (Å²) >= 11 is 0. The third kappa shape index (κ3) is 3.24. The van der Waals surface area contributed by atoms with Gasteiger partial charge in [0.25, 0.3) is 5.69 Å². The largest absolute Gasteiger partial charge is 0.361 e. The fourth-order valence-electron chi connectivity index (χ4n) is 3.05. The second-order valence-electron chi connectivity index (χ2n) is 5.70. The molecule has 2 aromatic rings. The summed E-state index contributed by atoms with van der Waals surface area (Å²) in [5, 5.41) is 16.5. The molecule has 3 rings (SSSR count). The van der Waals surface area contributed by atoms with Gasteiger partial charge in [0.05, 0.1) is 16.1 Å². The second-order valence-corrected chi connectivity index (χ2v) is 7.26. The molecule has 1 aliphatic heterocycles. The third-order valence-electron chi connectivity index (χ3n) is 4.14. The van der Waals surface area contributed by atoms with Crippen LogP contribution in [0.5, 0.6) is 0 Å². The van der Waals surface area contributed by atoms with E-state index in [0.29, 0.717) is 18.8 Å². The van der Waals surface area contributed by atoms with E-state index < -0.39 is 14.9 Å². The summed E-state index contributed by atoms with van der Waals surface area (Å²) in [7, 11) is -3.99. The second kappa shape index (κ2) is 6.21. The molecule has 0 radical (unpaired) electrons. The Balaban J connectivity index is 1.96. The molecular formula is C14H17N5O4S. The van der Waals surface area contributed by atoms with Gasteiger partial charge in [-0.05, 0) is 25.0 Å². The van der Waals surface area contributed by atoms with E-state index in [9.17, 15) is 18.5 Å². The van der Waals surface area contributed by atoms with Crippen LogP contribution in [0.3, 0.4) is 0 Å². The van der Waals surface area contributed by atoms with E-state index in [1.807, 2.05) is 15.7 Å². The number of benzene rings is 1. The van der Waals surface area contributed by atoms with Gasteiger partial charge in [-0.25, -0.2) is 18.5 Å². The van der Waals surface area contributed by atoms with Gasteiger partial charge >= 0.3 is 0 Å². The third-order valence-corrected chi connectivity index (χ3v) is 5.05. The van der Waals surface area contributed by atoms with Gasteiger partial charge in [-0.2, -0.15) is 0 Å². The fraction of sp³-hybridized carbons (Fsp3) is 0.357. The van der Waals surface area contributed by atoms with Crippen molar-refractivity contribution in [2.24, 2.45) is 5.14 Å². The Labute approximate surface area is 138 Å². The van der Waals surface area contributed by atoms with E-state index in [-0.39, 0.29) is 16.6 Å². The molecule has 1 unspecified atom stereocenters. The molecule has 1 atom stereocenters. The lowest BCUT2D eigenvalue weighted by molar-refractivity contribution is -0.384. The van der Waals surface area contributed by atoms with E-state index in [4.69, 9.17) is 5.14 Å². The maximum atomic E-state index is 11.4. The van der Waals surface area contributed by atoms with Crippen LogP contribution in [0.25, 0.3) is 0 Å². The van der Waals surface area contributed by atoms with Crippen molar-refractivity contribution in [1.29, 1.82) is 0 Å². The topological polar surface area (TPSA) is 124 Å². The summed E-state index contributed by atoms with van der Waals surface area (Å²) in [6.45, 7) is 1.34. The van der Waals surface area contributed by atoms with Gasteiger partial charge in [0.2, 0.25) is 10.0 Å². The quantitative estimate of drug-likeness (QED) is 0.635. The highest BCUT2D eigenvalue weighted by Crippen LogP contribution is 2.35. The predicted octanol–water partition coefficient (Wildman–Crippen LogP) is 1.11. The number of nitrogens with zero attached hydrogens (tertiary/aromatic N) is 4. The van der Waals surface area contributed by atoms with Crippen LogP contribution in [0.15, 0.2) is 41.8 Å². The van der Waals surface area contributed by atoms with Crippen LogP contribution in [0.2, 0.25) is 0 Å². The number of nitro groups is 1. The molecule has 24 heavy (non-hydrogen) atoms. The van der Waals surface area contributed by atoms with Gasteiger partial charge in [0.1, 0.15) is 5.69 Å².